The number of hydrogen-bond acceptors (Lipinski definition) is 6. The molecule has 0 aromatic heterocycles. The van der Waals surface area contributed by atoms with Crippen molar-refractivity contribution in [2.45, 2.75) is 17.9 Å². The van der Waals surface area contributed by atoms with E-state index in [1.165, 1.54) is 47.8 Å². The average molecular weight is 501 g/mol. The maximum atomic E-state index is 13.5. The van der Waals surface area contributed by atoms with Crippen LogP contribution >= 0.6 is 0 Å². The predicted molar refractivity (Wildman–Crippen MR) is 128 cm³/mol. The van der Waals surface area contributed by atoms with Gasteiger partial charge in [0.05, 0.1) is 30.8 Å². The van der Waals surface area contributed by atoms with Crippen LogP contribution in [0, 0.1) is 12.7 Å². The summed E-state index contributed by atoms with van der Waals surface area (Å²) >= 11 is 0. The van der Waals surface area contributed by atoms with E-state index in [-0.39, 0.29) is 30.4 Å². The van der Waals surface area contributed by atoms with Gasteiger partial charge < -0.3 is 19.5 Å². The van der Waals surface area contributed by atoms with Crippen molar-refractivity contribution in [2.24, 2.45) is 0 Å². The summed E-state index contributed by atoms with van der Waals surface area (Å²) in [4.78, 5) is 12.9. The smallest absolute Gasteiger partial charge is 0.264 e. The van der Waals surface area contributed by atoms with Gasteiger partial charge in [0.25, 0.3) is 15.9 Å². The van der Waals surface area contributed by atoms with Crippen LogP contribution in [0.15, 0.2) is 71.6 Å². The van der Waals surface area contributed by atoms with Crippen molar-refractivity contribution >= 4 is 21.6 Å². The Bertz CT molecular complexity index is 1300. The van der Waals surface area contributed by atoms with Gasteiger partial charge in [-0.25, -0.2) is 12.8 Å². The maximum Gasteiger partial charge on any atom is 0.264 e. The van der Waals surface area contributed by atoms with Crippen LogP contribution in [-0.4, -0.2) is 47.2 Å². The first kappa shape index (κ1) is 24.3. The summed E-state index contributed by atoms with van der Waals surface area (Å²) in [6.45, 7) is 1.95. The number of fused-ring (bicyclic) bond motifs is 1. The van der Waals surface area contributed by atoms with Gasteiger partial charge in [0.1, 0.15) is 29.7 Å². The van der Waals surface area contributed by atoms with E-state index in [2.05, 4.69) is 5.32 Å². The molecule has 0 aliphatic carbocycles. The first-order valence-corrected chi connectivity index (χ1v) is 12.3. The van der Waals surface area contributed by atoms with E-state index >= 15 is 0 Å². The molecular formula is C25H25FN2O6S. The number of nitrogens with zero attached hydrogens (tertiary/aromatic N) is 1. The maximum absolute atomic E-state index is 13.5. The average Bonchev–Trinajstić information content (AvgIpc) is 2.86. The summed E-state index contributed by atoms with van der Waals surface area (Å²) in [7, 11) is -2.49. The molecule has 10 heteroatoms. The number of anilines is 1. The Balaban J connectivity index is 1.49. The van der Waals surface area contributed by atoms with E-state index in [1.807, 2.05) is 6.92 Å². The highest BCUT2D eigenvalue weighted by molar-refractivity contribution is 7.92. The summed E-state index contributed by atoms with van der Waals surface area (Å²) in [6, 6.07) is 16.7. The van der Waals surface area contributed by atoms with E-state index in [1.54, 1.807) is 30.3 Å². The standard InChI is InChI=1S/C25H25FN2O6S/c1-17-3-12-23-22(15-17)28(35(30,31)21-10-8-19(32-2)9-11-21)16-24(34-23)25(29)27-13-14-33-20-6-4-18(26)5-7-20/h3-12,15,24H,13-14,16H2,1-2H3,(H,27,29)/t24-/m1/s1. The first-order valence-electron chi connectivity index (χ1n) is 10.9. The van der Waals surface area contributed by atoms with Gasteiger partial charge in [-0.1, -0.05) is 6.07 Å². The normalized spacial score (nSPS) is 15.1. The molecule has 1 aliphatic heterocycles. The number of aryl methyl sites for hydroxylation is 1. The van der Waals surface area contributed by atoms with Gasteiger partial charge in [-0.05, 0) is 73.2 Å². The molecule has 1 aliphatic rings. The van der Waals surface area contributed by atoms with E-state index < -0.39 is 22.0 Å². The van der Waals surface area contributed by atoms with E-state index in [9.17, 15) is 17.6 Å². The Morgan fingerprint density at radius 3 is 2.46 bits per heavy atom. The molecule has 3 aromatic rings. The summed E-state index contributed by atoms with van der Waals surface area (Å²) in [5, 5.41) is 2.70. The van der Waals surface area contributed by atoms with Gasteiger partial charge in [0, 0.05) is 0 Å². The number of carbonyl (C=O) groups excluding carboxylic acids is 1. The topological polar surface area (TPSA) is 94.2 Å². The number of ether oxygens (including phenoxy) is 3. The lowest BCUT2D eigenvalue weighted by molar-refractivity contribution is -0.127. The van der Waals surface area contributed by atoms with Crippen LogP contribution in [0.25, 0.3) is 0 Å². The Labute approximate surface area is 203 Å². The fourth-order valence-corrected chi connectivity index (χ4v) is 5.06. The highest BCUT2D eigenvalue weighted by atomic mass is 32.2. The third kappa shape index (κ3) is 5.48. The SMILES string of the molecule is COc1ccc(S(=O)(=O)N2C[C@H](C(=O)NCCOc3ccc(F)cc3)Oc3ccc(C)cc32)cc1. The lowest BCUT2D eigenvalue weighted by atomic mass is 10.1. The minimum atomic E-state index is -3.99. The van der Waals surface area contributed by atoms with Gasteiger partial charge in [-0.2, -0.15) is 0 Å². The Morgan fingerprint density at radius 2 is 1.77 bits per heavy atom. The highest BCUT2D eigenvalue weighted by Crippen LogP contribution is 2.38. The van der Waals surface area contributed by atoms with Gasteiger partial charge in [-0.15, -0.1) is 0 Å². The monoisotopic (exact) mass is 500 g/mol. The zero-order valence-corrected chi connectivity index (χ0v) is 20.0. The molecule has 0 bridgehead atoms. The Kier molecular flexibility index (Phi) is 7.11. The Morgan fingerprint density at radius 1 is 1.09 bits per heavy atom. The molecule has 184 valence electrons. The summed E-state index contributed by atoms with van der Waals surface area (Å²) in [5.74, 6) is 0.443. The molecule has 4 rings (SSSR count). The molecule has 0 fully saturated rings. The van der Waals surface area contributed by atoms with Crippen LogP contribution in [0.2, 0.25) is 0 Å². The van der Waals surface area contributed by atoms with E-state index in [0.717, 1.165) is 5.56 Å². The molecule has 1 heterocycles. The predicted octanol–water partition coefficient (Wildman–Crippen LogP) is 3.29. The van der Waals surface area contributed by atoms with Crippen molar-refractivity contribution in [1.82, 2.24) is 5.32 Å². The molecule has 3 aromatic carbocycles. The minimum absolute atomic E-state index is 0.0690. The Hall–Kier alpha value is -3.79. The molecule has 1 amide bonds. The molecule has 8 nitrogen and oxygen atoms in total. The first-order chi connectivity index (χ1) is 16.8. The second-order valence-corrected chi connectivity index (χ2v) is 9.75. The third-order valence-electron chi connectivity index (χ3n) is 5.41. The van der Waals surface area contributed by atoms with Crippen molar-refractivity contribution in [3.63, 3.8) is 0 Å². The van der Waals surface area contributed by atoms with Crippen molar-refractivity contribution in [3.05, 3.63) is 78.1 Å². The van der Waals surface area contributed by atoms with Crippen LogP contribution in [-0.2, 0) is 14.8 Å². The fraction of sp³-hybridized carbons (Fsp3) is 0.240. The van der Waals surface area contributed by atoms with Gasteiger partial charge in [-0.3, -0.25) is 9.10 Å². The molecule has 0 saturated carbocycles. The second kappa shape index (κ2) is 10.2. The van der Waals surface area contributed by atoms with Crippen molar-refractivity contribution in [2.75, 3.05) is 31.1 Å². The molecule has 1 atom stereocenters. The molecular weight excluding hydrogens is 475 g/mol. The summed E-state index contributed by atoms with van der Waals surface area (Å²) in [6.07, 6.45) is -1.07. The number of amides is 1. The van der Waals surface area contributed by atoms with Crippen LogP contribution in [0.5, 0.6) is 17.2 Å². The number of nitrogens with one attached hydrogen (secondary N) is 1. The number of hydrogen-bond donors (Lipinski definition) is 1. The number of sulfonamides is 1. The number of carbonyl (C=O) groups is 1. The van der Waals surface area contributed by atoms with Gasteiger partial charge in [0.15, 0.2) is 6.10 Å². The molecule has 35 heavy (non-hydrogen) atoms. The van der Waals surface area contributed by atoms with E-state index in [4.69, 9.17) is 14.2 Å². The quantitative estimate of drug-likeness (QED) is 0.477. The van der Waals surface area contributed by atoms with Crippen LogP contribution < -0.4 is 23.8 Å². The minimum Gasteiger partial charge on any atom is -0.497 e. The van der Waals surface area contributed by atoms with Crippen LogP contribution in [0.1, 0.15) is 5.56 Å². The molecule has 1 N–H and O–H groups in total. The fourth-order valence-electron chi connectivity index (χ4n) is 3.59. The summed E-state index contributed by atoms with van der Waals surface area (Å²) < 4.78 is 57.7. The lowest BCUT2D eigenvalue weighted by Gasteiger charge is -2.35. The third-order valence-corrected chi connectivity index (χ3v) is 7.20. The number of halogens is 1. The van der Waals surface area contributed by atoms with E-state index in [0.29, 0.717) is 22.9 Å². The summed E-state index contributed by atoms with van der Waals surface area (Å²) in [5.41, 5.74) is 1.22. The van der Waals surface area contributed by atoms with Crippen molar-refractivity contribution in [3.8, 4) is 17.2 Å². The largest absolute Gasteiger partial charge is 0.497 e. The molecule has 0 radical (unpaired) electrons. The second-order valence-electron chi connectivity index (χ2n) is 7.88. The number of methoxy groups -OCH3 is 1. The lowest BCUT2D eigenvalue weighted by Crippen LogP contribution is -2.51. The highest BCUT2D eigenvalue weighted by Gasteiger charge is 2.37. The van der Waals surface area contributed by atoms with Crippen LogP contribution in [0.3, 0.4) is 0 Å². The van der Waals surface area contributed by atoms with Gasteiger partial charge in [0.2, 0.25) is 0 Å². The molecule has 0 saturated heterocycles. The van der Waals surface area contributed by atoms with Gasteiger partial charge >= 0.3 is 0 Å². The van der Waals surface area contributed by atoms with Crippen LogP contribution in [0.4, 0.5) is 10.1 Å². The molecule has 0 spiro atoms. The van der Waals surface area contributed by atoms with Crippen molar-refractivity contribution in [1.29, 1.82) is 0 Å². The number of benzene rings is 3. The van der Waals surface area contributed by atoms with Crippen molar-refractivity contribution < 1.29 is 31.8 Å². The zero-order chi connectivity index (χ0) is 25.0. The number of rotatable bonds is 8. The molecule has 0 unspecified atom stereocenters. The zero-order valence-electron chi connectivity index (χ0n) is 19.2.